The number of carbonyl (C=O) groups excluding carboxylic acids is 1. The maximum absolute atomic E-state index is 11.9. The van der Waals surface area contributed by atoms with Crippen molar-refractivity contribution >= 4 is 6.09 Å². The van der Waals surface area contributed by atoms with E-state index in [0.717, 1.165) is 18.4 Å². The third-order valence-electron chi connectivity index (χ3n) is 3.39. The number of hydrogen-bond acceptors (Lipinski definition) is 4. The van der Waals surface area contributed by atoms with Gasteiger partial charge in [0.25, 0.3) is 0 Å². The van der Waals surface area contributed by atoms with Gasteiger partial charge in [-0.15, -0.1) is 0 Å². The number of ether oxygens (including phenoxy) is 1. The molecule has 0 saturated carbocycles. The molecule has 0 spiro atoms. The minimum absolute atomic E-state index is 0.116. The van der Waals surface area contributed by atoms with E-state index in [9.17, 15) is 9.90 Å². The number of hydrogen-bond donors (Lipinski definition) is 2. The van der Waals surface area contributed by atoms with Crippen molar-refractivity contribution in [2.45, 2.75) is 25.0 Å². The second-order valence-electron chi connectivity index (χ2n) is 5.09. The second-order valence-corrected chi connectivity index (χ2v) is 5.09. The van der Waals surface area contributed by atoms with Gasteiger partial charge in [0.15, 0.2) is 0 Å². The number of rotatable bonds is 3. The zero-order valence-corrected chi connectivity index (χ0v) is 10.9. The first kappa shape index (κ1) is 13.8. The highest BCUT2D eigenvalue weighted by molar-refractivity contribution is 5.68. The maximum Gasteiger partial charge on any atom is 0.410 e. The fourth-order valence-corrected chi connectivity index (χ4v) is 2.26. The highest BCUT2D eigenvalue weighted by Gasteiger charge is 2.33. The van der Waals surface area contributed by atoms with E-state index in [1.165, 1.54) is 0 Å². The van der Waals surface area contributed by atoms with Crippen LogP contribution in [0.1, 0.15) is 18.4 Å². The Labute approximate surface area is 113 Å². The van der Waals surface area contributed by atoms with Crippen molar-refractivity contribution in [2.24, 2.45) is 5.73 Å². The van der Waals surface area contributed by atoms with Gasteiger partial charge < -0.3 is 20.5 Å². The Morgan fingerprint density at radius 3 is 2.84 bits per heavy atom. The third kappa shape index (κ3) is 3.68. The molecule has 0 bridgehead atoms. The molecule has 3 N–H and O–H groups in total. The predicted octanol–water partition coefficient (Wildman–Crippen LogP) is 1.11. The molecule has 1 atom stereocenters. The molecule has 0 aliphatic carbocycles. The fourth-order valence-electron chi connectivity index (χ4n) is 2.26. The van der Waals surface area contributed by atoms with Crippen LogP contribution >= 0.6 is 0 Å². The van der Waals surface area contributed by atoms with Gasteiger partial charge in [-0.1, -0.05) is 30.3 Å². The number of likely N-dealkylation sites (tertiary alicyclic amines) is 1. The Kier molecular flexibility index (Phi) is 4.39. The van der Waals surface area contributed by atoms with Gasteiger partial charge in [-0.2, -0.15) is 0 Å². The summed E-state index contributed by atoms with van der Waals surface area (Å²) in [7, 11) is 0. The summed E-state index contributed by atoms with van der Waals surface area (Å²) >= 11 is 0. The van der Waals surface area contributed by atoms with Crippen LogP contribution in [-0.2, 0) is 11.3 Å². The molecule has 1 amide bonds. The minimum atomic E-state index is -0.690. The average molecular weight is 264 g/mol. The number of piperidine rings is 1. The molecule has 0 aromatic heterocycles. The van der Waals surface area contributed by atoms with E-state index in [2.05, 4.69) is 0 Å². The van der Waals surface area contributed by atoms with E-state index in [-0.39, 0.29) is 19.3 Å². The molecule has 1 heterocycles. The lowest BCUT2D eigenvalue weighted by atomic mass is 9.91. The zero-order valence-electron chi connectivity index (χ0n) is 10.9. The van der Waals surface area contributed by atoms with Crippen LogP contribution in [-0.4, -0.2) is 41.3 Å². The first-order chi connectivity index (χ1) is 9.13. The minimum Gasteiger partial charge on any atom is -0.445 e. The van der Waals surface area contributed by atoms with E-state index in [0.29, 0.717) is 13.1 Å². The summed E-state index contributed by atoms with van der Waals surface area (Å²) in [5.41, 5.74) is 6.26. The molecule has 19 heavy (non-hydrogen) atoms. The summed E-state index contributed by atoms with van der Waals surface area (Å²) in [5, 5.41) is 9.25. The average Bonchev–Trinajstić information content (AvgIpc) is 2.46. The van der Waals surface area contributed by atoms with Crippen molar-refractivity contribution in [1.29, 1.82) is 0 Å². The van der Waals surface area contributed by atoms with E-state index in [1.54, 1.807) is 4.90 Å². The molecule has 2 rings (SSSR count). The van der Waals surface area contributed by atoms with Crippen molar-refractivity contribution in [3.63, 3.8) is 0 Å². The van der Waals surface area contributed by atoms with Gasteiger partial charge in [0, 0.05) is 13.1 Å². The van der Waals surface area contributed by atoms with Crippen LogP contribution < -0.4 is 5.73 Å². The molecule has 1 aliphatic heterocycles. The highest BCUT2D eigenvalue weighted by Crippen LogP contribution is 2.19. The van der Waals surface area contributed by atoms with Crippen LogP contribution in [0.5, 0.6) is 0 Å². The summed E-state index contributed by atoms with van der Waals surface area (Å²) in [5.74, 6) is 0. The van der Waals surface area contributed by atoms with Crippen molar-refractivity contribution in [3.8, 4) is 0 Å². The van der Waals surface area contributed by atoms with Gasteiger partial charge in [0.05, 0.1) is 12.1 Å². The summed E-state index contributed by atoms with van der Waals surface area (Å²) in [6.45, 7) is 1.12. The summed E-state index contributed by atoms with van der Waals surface area (Å²) in [4.78, 5) is 13.5. The lowest BCUT2D eigenvalue weighted by molar-refractivity contribution is 0.0584. The lowest BCUT2D eigenvalue weighted by Gasteiger charge is -2.38. The normalized spacial score (nSPS) is 23.2. The van der Waals surface area contributed by atoms with Crippen LogP contribution in [0.3, 0.4) is 0 Å². The van der Waals surface area contributed by atoms with Crippen LogP contribution in [0.4, 0.5) is 4.79 Å². The van der Waals surface area contributed by atoms with Crippen molar-refractivity contribution in [1.82, 2.24) is 4.90 Å². The van der Waals surface area contributed by atoms with Gasteiger partial charge in [0.2, 0.25) is 0 Å². The monoisotopic (exact) mass is 264 g/mol. The Hall–Kier alpha value is -1.59. The third-order valence-corrected chi connectivity index (χ3v) is 3.39. The SMILES string of the molecule is NC1(CO)CCCN(C(=O)OCc2ccccc2)C1. The van der Waals surface area contributed by atoms with Gasteiger partial charge in [-0.25, -0.2) is 4.79 Å². The summed E-state index contributed by atoms with van der Waals surface area (Å²) in [6.07, 6.45) is 1.15. The second kappa shape index (κ2) is 6.04. The number of aliphatic hydroxyl groups is 1. The molecule has 0 radical (unpaired) electrons. The van der Waals surface area contributed by atoms with Crippen LogP contribution in [0, 0.1) is 0 Å². The molecule has 1 saturated heterocycles. The number of aliphatic hydroxyl groups excluding tert-OH is 1. The van der Waals surface area contributed by atoms with Crippen LogP contribution in [0.15, 0.2) is 30.3 Å². The molecule has 5 nitrogen and oxygen atoms in total. The quantitative estimate of drug-likeness (QED) is 0.857. The molecule has 5 heteroatoms. The van der Waals surface area contributed by atoms with Gasteiger partial charge in [-0.3, -0.25) is 0 Å². The first-order valence-electron chi connectivity index (χ1n) is 6.48. The molecular weight excluding hydrogens is 244 g/mol. The number of amides is 1. The molecule has 1 fully saturated rings. The first-order valence-corrected chi connectivity index (χ1v) is 6.48. The maximum atomic E-state index is 11.9. The van der Waals surface area contributed by atoms with E-state index in [1.807, 2.05) is 30.3 Å². The lowest BCUT2D eigenvalue weighted by Crippen LogP contribution is -2.57. The van der Waals surface area contributed by atoms with Crippen molar-refractivity contribution < 1.29 is 14.6 Å². The molecule has 104 valence electrons. The van der Waals surface area contributed by atoms with Crippen molar-refractivity contribution in [2.75, 3.05) is 19.7 Å². The number of carbonyl (C=O) groups is 1. The van der Waals surface area contributed by atoms with E-state index in [4.69, 9.17) is 10.5 Å². The predicted molar refractivity (Wildman–Crippen MR) is 71.4 cm³/mol. The molecule has 1 aliphatic rings. The van der Waals surface area contributed by atoms with Crippen molar-refractivity contribution in [3.05, 3.63) is 35.9 Å². The number of nitrogens with zero attached hydrogens (tertiary/aromatic N) is 1. The summed E-state index contributed by atoms with van der Waals surface area (Å²) < 4.78 is 5.26. The smallest absolute Gasteiger partial charge is 0.410 e. The van der Waals surface area contributed by atoms with Crippen LogP contribution in [0.25, 0.3) is 0 Å². The van der Waals surface area contributed by atoms with Gasteiger partial charge in [0.1, 0.15) is 6.61 Å². The largest absolute Gasteiger partial charge is 0.445 e. The zero-order chi connectivity index (χ0) is 13.7. The van der Waals surface area contributed by atoms with E-state index >= 15 is 0 Å². The van der Waals surface area contributed by atoms with Gasteiger partial charge in [-0.05, 0) is 18.4 Å². The topological polar surface area (TPSA) is 75.8 Å². The Morgan fingerprint density at radius 1 is 1.42 bits per heavy atom. The van der Waals surface area contributed by atoms with E-state index < -0.39 is 5.54 Å². The molecule has 1 aromatic carbocycles. The Balaban J connectivity index is 1.86. The Bertz CT molecular complexity index is 424. The fraction of sp³-hybridized carbons (Fsp3) is 0.500. The molecule has 1 unspecified atom stereocenters. The Morgan fingerprint density at radius 2 is 2.16 bits per heavy atom. The summed E-state index contributed by atoms with van der Waals surface area (Å²) in [6, 6.07) is 9.54. The standard InChI is InChI=1S/C14H20N2O3/c15-14(11-17)7-4-8-16(10-14)13(18)19-9-12-5-2-1-3-6-12/h1-3,5-6,17H,4,7-11,15H2. The highest BCUT2D eigenvalue weighted by atomic mass is 16.6. The number of nitrogens with two attached hydrogens (primary N) is 1. The number of benzene rings is 1. The van der Waals surface area contributed by atoms with Gasteiger partial charge >= 0.3 is 6.09 Å². The molecular formula is C14H20N2O3. The van der Waals surface area contributed by atoms with Crippen LogP contribution in [0.2, 0.25) is 0 Å². The molecule has 1 aromatic rings.